The van der Waals surface area contributed by atoms with Crippen LogP contribution < -0.4 is 0 Å². The first-order chi connectivity index (χ1) is 7.18. The van der Waals surface area contributed by atoms with Gasteiger partial charge < -0.3 is 14.1 Å². The van der Waals surface area contributed by atoms with Crippen LogP contribution in [0.3, 0.4) is 0 Å². The molecule has 0 saturated heterocycles. The maximum Gasteiger partial charge on any atom is 0.352 e. The smallest absolute Gasteiger partial charge is 0.352 e. The molecule has 4 nitrogen and oxygen atoms in total. The van der Waals surface area contributed by atoms with E-state index in [9.17, 15) is 4.79 Å². The molecule has 2 aromatic heterocycles. The van der Waals surface area contributed by atoms with Crippen LogP contribution in [0, 0.1) is 6.92 Å². The Balaban J connectivity index is 2.33. The van der Waals surface area contributed by atoms with E-state index in [1.54, 1.807) is 36.3 Å². The van der Waals surface area contributed by atoms with Crippen LogP contribution in [-0.2, 0) is 6.54 Å². The minimum absolute atomic E-state index is 0.330. The number of carboxylic acids is 1. The quantitative estimate of drug-likeness (QED) is 0.835. The van der Waals surface area contributed by atoms with Gasteiger partial charge in [-0.1, -0.05) is 0 Å². The van der Waals surface area contributed by atoms with Crippen LogP contribution in [-0.4, -0.2) is 15.6 Å². The fourth-order valence-corrected chi connectivity index (χ4v) is 1.58. The molecule has 0 unspecified atom stereocenters. The summed E-state index contributed by atoms with van der Waals surface area (Å²) in [5.41, 5.74) is 2.05. The molecule has 0 aliphatic rings. The summed E-state index contributed by atoms with van der Waals surface area (Å²) in [5, 5.41) is 9.02. The molecule has 2 rings (SSSR count). The molecule has 0 spiro atoms. The second kappa shape index (κ2) is 3.65. The Morgan fingerprint density at radius 1 is 1.53 bits per heavy atom. The average molecular weight is 205 g/mol. The van der Waals surface area contributed by atoms with Gasteiger partial charge in [0.1, 0.15) is 5.69 Å². The van der Waals surface area contributed by atoms with E-state index in [1.165, 1.54) is 0 Å². The van der Waals surface area contributed by atoms with Crippen molar-refractivity contribution in [2.45, 2.75) is 13.5 Å². The summed E-state index contributed by atoms with van der Waals surface area (Å²) < 4.78 is 6.63. The third kappa shape index (κ3) is 1.79. The van der Waals surface area contributed by atoms with Crippen molar-refractivity contribution in [3.63, 3.8) is 0 Å². The number of carbonyl (C=O) groups is 1. The predicted octanol–water partition coefficient (Wildman–Crippen LogP) is 2.14. The van der Waals surface area contributed by atoms with Crippen LogP contribution in [0.5, 0.6) is 0 Å². The van der Waals surface area contributed by atoms with Crippen molar-refractivity contribution < 1.29 is 14.3 Å². The summed E-state index contributed by atoms with van der Waals surface area (Å²) >= 11 is 0. The normalized spacial score (nSPS) is 10.5. The molecule has 0 atom stereocenters. The molecule has 0 bridgehead atoms. The molecule has 2 heterocycles. The number of hydrogen-bond donors (Lipinski definition) is 1. The summed E-state index contributed by atoms with van der Waals surface area (Å²) in [6.45, 7) is 2.31. The van der Waals surface area contributed by atoms with Crippen molar-refractivity contribution >= 4 is 5.97 Å². The van der Waals surface area contributed by atoms with Crippen LogP contribution >= 0.6 is 0 Å². The van der Waals surface area contributed by atoms with Gasteiger partial charge in [0.05, 0.1) is 19.1 Å². The summed E-state index contributed by atoms with van der Waals surface area (Å²) in [4.78, 5) is 11.0. The highest BCUT2D eigenvalue weighted by atomic mass is 16.4. The highest BCUT2D eigenvalue weighted by Gasteiger charge is 2.13. The van der Waals surface area contributed by atoms with Gasteiger partial charge in [-0.3, -0.25) is 0 Å². The van der Waals surface area contributed by atoms with Gasteiger partial charge in [0.25, 0.3) is 0 Å². The molecule has 78 valence electrons. The first kappa shape index (κ1) is 9.58. The molecule has 0 amide bonds. The number of furan rings is 1. The second-order valence-corrected chi connectivity index (χ2v) is 3.41. The van der Waals surface area contributed by atoms with Crippen LogP contribution in [0.15, 0.2) is 35.3 Å². The molecule has 0 radical (unpaired) electrons. The van der Waals surface area contributed by atoms with E-state index in [-0.39, 0.29) is 0 Å². The molecule has 4 heteroatoms. The van der Waals surface area contributed by atoms with Gasteiger partial charge >= 0.3 is 5.97 Å². The topological polar surface area (TPSA) is 55.4 Å². The number of aromatic nitrogens is 1. The standard InChI is InChI=1S/C11H11NO3/c1-8-2-4-12(10(8)11(13)14)6-9-3-5-15-7-9/h2-5,7H,6H2,1H3,(H,13,14). The lowest BCUT2D eigenvalue weighted by Crippen LogP contribution is -2.09. The van der Waals surface area contributed by atoms with Gasteiger partial charge in [0, 0.05) is 11.8 Å². The van der Waals surface area contributed by atoms with Gasteiger partial charge in [-0.2, -0.15) is 0 Å². The molecule has 0 aliphatic heterocycles. The maximum absolute atomic E-state index is 11.0. The Morgan fingerprint density at radius 2 is 2.33 bits per heavy atom. The second-order valence-electron chi connectivity index (χ2n) is 3.41. The lowest BCUT2D eigenvalue weighted by Gasteiger charge is -2.04. The summed E-state index contributed by atoms with van der Waals surface area (Å²) in [5.74, 6) is -0.902. The summed E-state index contributed by atoms with van der Waals surface area (Å²) in [7, 11) is 0. The molecular formula is C11H11NO3. The monoisotopic (exact) mass is 205 g/mol. The van der Waals surface area contributed by atoms with E-state index >= 15 is 0 Å². The van der Waals surface area contributed by atoms with Gasteiger partial charge in [-0.05, 0) is 24.6 Å². The lowest BCUT2D eigenvalue weighted by molar-refractivity contribution is 0.0685. The lowest BCUT2D eigenvalue weighted by atomic mass is 10.2. The van der Waals surface area contributed by atoms with Crippen LogP contribution in [0.2, 0.25) is 0 Å². The van der Waals surface area contributed by atoms with Gasteiger partial charge in [0.2, 0.25) is 0 Å². The number of nitrogens with zero attached hydrogens (tertiary/aromatic N) is 1. The van der Waals surface area contributed by atoms with Crippen molar-refractivity contribution in [1.29, 1.82) is 0 Å². The number of carboxylic acid groups (broad SMARTS) is 1. The fraction of sp³-hybridized carbons (Fsp3) is 0.182. The van der Waals surface area contributed by atoms with E-state index in [4.69, 9.17) is 9.52 Å². The number of aryl methyl sites for hydroxylation is 1. The first-order valence-electron chi connectivity index (χ1n) is 4.58. The molecule has 0 fully saturated rings. The Kier molecular flexibility index (Phi) is 2.33. The summed E-state index contributed by atoms with van der Waals surface area (Å²) in [6, 6.07) is 3.62. The van der Waals surface area contributed by atoms with E-state index < -0.39 is 5.97 Å². The van der Waals surface area contributed by atoms with Gasteiger partial charge in [-0.15, -0.1) is 0 Å². The minimum Gasteiger partial charge on any atom is -0.477 e. The van der Waals surface area contributed by atoms with Crippen LogP contribution in [0.25, 0.3) is 0 Å². The van der Waals surface area contributed by atoms with Crippen molar-refractivity contribution in [2.24, 2.45) is 0 Å². The van der Waals surface area contributed by atoms with Crippen molar-refractivity contribution in [3.05, 3.63) is 47.7 Å². The predicted molar refractivity (Wildman–Crippen MR) is 53.9 cm³/mol. The average Bonchev–Trinajstić information content (AvgIpc) is 2.76. The number of hydrogen-bond acceptors (Lipinski definition) is 2. The molecule has 0 aromatic carbocycles. The Morgan fingerprint density at radius 3 is 2.93 bits per heavy atom. The fourth-order valence-electron chi connectivity index (χ4n) is 1.58. The molecule has 0 aliphatic carbocycles. The third-order valence-corrected chi connectivity index (χ3v) is 2.30. The molecule has 2 aromatic rings. The van der Waals surface area contributed by atoms with Crippen LogP contribution in [0.1, 0.15) is 21.6 Å². The zero-order valence-corrected chi connectivity index (χ0v) is 8.30. The molecular weight excluding hydrogens is 194 g/mol. The Hall–Kier alpha value is -1.97. The number of aromatic carboxylic acids is 1. The van der Waals surface area contributed by atoms with Crippen LogP contribution in [0.4, 0.5) is 0 Å². The Labute approximate surface area is 86.8 Å². The molecule has 0 saturated carbocycles. The van der Waals surface area contributed by atoms with Crippen molar-refractivity contribution in [1.82, 2.24) is 4.57 Å². The highest BCUT2D eigenvalue weighted by Crippen LogP contribution is 2.12. The highest BCUT2D eigenvalue weighted by molar-refractivity contribution is 5.87. The van der Waals surface area contributed by atoms with E-state index in [2.05, 4.69) is 0 Å². The van der Waals surface area contributed by atoms with Crippen molar-refractivity contribution in [3.8, 4) is 0 Å². The summed E-state index contributed by atoms with van der Waals surface area (Å²) in [6.07, 6.45) is 4.96. The largest absolute Gasteiger partial charge is 0.477 e. The number of rotatable bonds is 3. The maximum atomic E-state index is 11.0. The third-order valence-electron chi connectivity index (χ3n) is 2.30. The zero-order chi connectivity index (χ0) is 10.8. The zero-order valence-electron chi connectivity index (χ0n) is 8.30. The van der Waals surface area contributed by atoms with E-state index in [0.29, 0.717) is 12.2 Å². The minimum atomic E-state index is -0.902. The van der Waals surface area contributed by atoms with Crippen molar-refractivity contribution in [2.75, 3.05) is 0 Å². The van der Waals surface area contributed by atoms with E-state index in [0.717, 1.165) is 11.1 Å². The SMILES string of the molecule is Cc1ccn(Cc2ccoc2)c1C(=O)O. The first-order valence-corrected chi connectivity index (χ1v) is 4.58. The molecule has 15 heavy (non-hydrogen) atoms. The molecule has 1 N–H and O–H groups in total. The van der Waals surface area contributed by atoms with Gasteiger partial charge in [0.15, 0.2) is 0 Å². The van der Waals surface area contributed by atoms with Gasteiger partial charge in [-0.25, -0.2) is 4.79 Å². The Bertz CT molecular complexity index is 468. The van der Waals surface area contributed by atoms with E-state index in [1.807, 2.05) is 6.07 Å².